The average molecular weight is 426 g/mol. The first-order chi connectivity index (χ1) is 11.0. The molecule has 2 rings (SSSR count). The Morgan fingerprint density at radius 1 is 1.43 bits per heavy atom. The fraction of sp³-hybridized carbons (Fsp3) is 0.250. The Bertz CT molecular complexity index is 725. The molecule has 0 spiro atoms. The summed E-state index contributed by atoms with van der Waals surface area (Å²) in [4.78, 5) is 4.11. The molecular formula is C16H19IN4O2. The number of hydrogen-bond donors (Lipinski definition) is 1. The van der Waals surface area contributed by atoms with Crippen LogP contribution in [0, 0.1) is 10.5 Å². The monoisotopic (exact) mass is 426 g/mol. The molecule has 1 aromatic heterocycles. The molecule has 23 heavy (non-hydrogen) atoms. The zero-order valence-electron chi connectivity index (χ0n) is 13.1. The van der Waals surface area contributed by atoms with Gasteiger partial charge in [0.15, 0.2) is 11.5 Å². The van der Waals surface area contributed by atoms with Gasteiger partial charge in [-0.25, -0.2) is 9.66 Å². The molecule has 0 fully saturated rings. The quantitative estimate of drug-likeness (QED) is 0.419. The molecule has 2 aromatic rings. The Morgan fingerprint density at radius 3 is 2.83 bits per heavy atom. The second-order valence-electron chi connectivity index (χ2n) is 4.69. The van der Waals surface area contributed by atoms with Crippen LogP contribution in [0.5, 0.6) is 11.5 Å². The minimum atomic E-state index is 0.351. The normalized spacial score (nSPS) is 10.9. The number of ether oxygens (including phenoxy) is 2. The van der Waals surface area contributed by atoms with Crippen LogP contribution in [0.4, 0.5) is 5.95 Å². The van der Waals surface area contributed by atoms with Crippen LogP contribution in [0.25, 0.3) is 0 Å². The fourth-order valence-electron chi connectivity index (χ4n) is 1.93. The first-order valence-corrected chi connectivity index (χ1v) is 8.18. The highest BCUT2D eigenvalue weighted by Crippen LogP contribution is 2.34. The lowest BCUT2D eigenvalue weighted by Gasteiger charge is -2.13. The van der Waals surface area contributed by atoms with Crippen LogP contribution in [0.1, 0.15) is 18.2 Å². The first kappa shape index (κ1) is 17.3. The van der Waals surface area contributed by atoms with Gasteiger partial charge in [-0.15, -0.1) is 0 Å². The summed E-state index contributed by atoms with van der Waals surface area (Å²) in [5, 5.41) is 4.32. The summed E-state index contributed by atoms with van der Waals surface area (Å²) in [6.45, 7) is 8.43. The van der Waals surface area contributed by atoms with Crippen molar-refractivity contribution >= 4 is 34.8 Å². The standard InChI is InChI=1S/C16H19IN4O2/c1-4-6-23-15-13(17)7-12(8-14(15)22-5-2)9-19-21-10-11(3)20-16(21)18/h4,7-10H,1,5-6H2,2-3H3,(H2,18,20). The van der Waals surface area contributed by atoms with Crippen LogP contribution in [0.15, 0.2) is 36.1 Å². The average Bonchev–Trinajstić information content (AvgIpc) is 2.82. The Hall–Kier alpha value is -2.03. The van der Waals surface area contributed by atoms with E-state index >= 15 is 0 Å². The van der Waals surface area contributed by atoms with Gasteiger partial charge in [0, 0.05) is 0 Å². The Kier molecular flexibility index (Phi) is 6.03. The molecule has 0 aliphatic rings. The van der Waals surface area contributed by atoms with Gasteiger partial charge in [0.05, 0.1) is 28.3 Å². The number of halogens is 1. The number of nitrogen functional groups attached to an aromatic ring is 1. The van der Waals surface area contributed by atoms with Crippen LogP contribution < -0.4 is 15.2 Å². The molecule has 0 atom stereocenters. The van der Waals surface area contributed by atoms with Crippen molar-refractivity contribution in [1.29, 1.82) is 0 Å². The van der Waals surface area contributed by atoms with E-state index in [1.165, 1.54) is 4.68 Å². The summed E-state index contributed by atoms with van der Waals surface area (Å²) in [7, 11) is 0. The van der Waals surface area contributed by atoms with Gasteiger partial charge in [-0.1, -0.05) is 12.7 Å². The highest BCUT2D eigenvalue weighted by molar-refractivity contribution is 14.1. The van der Waals surface area contributed by atoms with Crippen LogP contribution in [0.3, 0.4) is 0 Å². The summed E-state index contributed by atoms with van der Waals surface area (Å²) in [5.41, 5.74) is 7.48. The number of anilines is 1. The highest BCUT2D eigenvalue weighted by atomic mass is 127. The predicted molar refractivity (Wildman–Crippen MR) is 100 cm³/mol. The molecule has 0 bridgehead atoms. The number of benzene rings is 1. The van der Waals surface area contributed by atoms with Gasteiger partial charge in [0.2, 0.25) is 5.95 Å². The molecule has 6 nitrogen and oxygen atoms in total. The summed E-state index contributed by atoms with van der Waals surface area (Å²) in [6, 6.07) is 3.85. The largest absolute Gasteiger partial charge is 0.490 e. The van der Waals surface area contributed by atoms with Gasteiger partial charge in [-0.2, -0.15) is 5.10 Å². The third-order valence-electron chi connectivity index (χ3n) is 2.84. The maximum Gasteiger partial charge on any atom is 0.221 e. The predicted octanol–water partition coefficient (Wildman–Crippen LogP) is 3.22. The van der Waals surface area contributed by atoms with E-state index in [2.05, 4.69) is 39.3 Å². The number of nitrogens with two attached hydrogens (primary N) is 1. The fourth-order valence-corrected chi connectivity index (χ4v) is 2.71. The van der Waals surface area contributed by atoms with Crippen LogP contribution in [0.2, 0.25) is 0 Å². The van der Waals surface area contributed by atoms with Crippen molar-refractivity contribution in [2.45, 2.75) is 13.8 Å². The van der Waals surface area contributed by atoms with E-state index in [9.17, 15) is 0 Å². The van der Waals surface area contributed by atoms with Crippen molar-refractivity contribution in [3.05, 3.63) is 45.8 Å². The van der Waals surface area contributed by atoms with Crippen molar-refractivity contribution in [3.63, 3.8) is 0 Å². The van der Waals surface area contributed by atoms with Gasteiger partial charge in [-0.3, -0.25) is 0 Å². The number of aryl methyl sites for hydroxylation is 1. The van der Waals surface area contributed by atoms with Gasteiger partial charge in [-0.05, 0) is 54.1 Å². The number of hydrogen-bond acceptors (Lipinski definition) is 5. The molecule has 1 heterocycles. The Morgan fingerprint density at radius 2 is 2.22 bits per heavy atom. The van der Waals surface area contributed by atoms with Crippen molar-refractivity contribution < 1.29 is 9.47 Å². The zero-order valence-corrected chi connectivity index (χ0v) is 15.3. The van der Waals surface area contributed by atoms with E-state index in [0.717, 1.165) is 14.8 Å². The van der Waals surface area contributed by atoms with E-state index in [4.69, 9.17) is 15.2 Å². The molecule has 0 unspecified atom stereocenters. The van der Waals surface area contributed by atoms with Gasteiger partial charge < -0.3 is 15.2 Å². The molecule has 0 amide bonds. The molecule has 7 heteroatoms. The lowest BCUT2D eigenvalue weighted by atomic mass is 10.2. The number of rotatable bonds is 7. The molecule has 0 aliphatic heterocycles. The minimum Gasteiger partial charge on any atom is -0.490 e. The molecule has 0 saturated carbocycles. The van der Waals surface area contributed by atoms with Gasteiger partial charge in [0.1, 0.15) is 6.61 Å². The second-order valence-corrected chi connectivity index (χ2v) is 5.85. The third-order valence-corrected chi connectivity index (χ3v) is 3.64. The number of nitrogens with zero attached hydrogens (tertiary/aromatic N) is 3. The van der Waals surface area contributed by atoms with Crippen molar-refractivity contribution in [2.24, 2.45) is 5.10 Å². The molecular weight excluding hydrogens is 407 g/mol. The highest BCUT2D eigenvalue weighted by Gasteiger charge is 2.11. The van der Waals surface area contributed by atoms with Crippen molar-refractivity contribution in [3.8, 4) is 11.5 Å². The SMILES string of the molecule is C=CCOc1c(I)cc(C=Nn2cc(C)nc2N)cc1OCC. The van der Waals surface area contributed by atoms with Crippen molar-refractivity contribution in [1.82, 2.24) is 9.66 Å². The maximum absolute atomic E-state index is 5.77. The molecule has 122 valence electrons. The molecule has 0 saturated heterocycles. The smallest absolute Gasteiger partial charge is 0.221 e. The van der Waals surface area contributed by atoms with E-state index in [1.54, 1.807) is 18.5 Å². The van der Waals surface area contributed by atoms with E-state index in [0.29, 0.717) is 30.7 Å². The second kappa shape index (κ2) is 8.00. The molecule has 2 N–H and O–H groups in total. The van der Waals surface area contributed by atoms with E-state index in [1.807, 2.05) is 26.0 Å². The van der Waals surface area contributed by atoms with Crippen LogP contribution in [-0.2, 0) is 0 Å². The van der Waals surface area contributed by atoms with E-state index < -0.39 is 0 Å². The van der Waals surface area contributed by atoms with Crippen LogP contribution >= 0.6 is 22.6 Å². The van der Waals surface area contributed by atoms with Gasteiger partial charge >= 0.3 is 0 Å². The Balaban J connectivity index is 2.32. The first-order valence-electron chi connectivity index (χ1n) is 7.11. The van der Waals surface area contributed by atoms with Crippen LogP contribution in [-0.4, -0.2) is 29.1 Å². The Labute approximate surface area is 149 Å². The molecule has 0 aliphatic carbocycles. The summed E-state index contributed by atoms with van der Waals surface area (Å²) >= 11 is 2.21. The summed E-state index contributed by atoms with van der Waals surface area (Å²) < 4.78 is 13.8. The lowest BCUT2D eigenvalue weighted by Crippen LogP contribution is -2.02. The molecule has 1 aromatic carbocycles. The summed E-state index contributed by atoms with van der Waals surface area (Å²) in [6.07, 6.45) is 5.17. The lowest BCUT2D eigenvalue weighted by molar-refractivity contribution is 0.295. The third kappa shape index (κ3) is 4.47. The summed E-state index contributed by atoms with van der Waals surface area (Å²) in [5.74, 6) is 1.74. The maximum atomic E-state index is 5.77. The minimum absolute atomic E-state index is 0.351. The van der Waals surface area contributed by atoms with Gasteiger partial charge in [0.25, 0.3) is 0 Å². The number of aromatic nitrogens is 2. The van der Waals surface area contributed by atoms with Crippen molar-refractivity contribution in [2.75, 3.05) is 18.9 Å². The zero-order chi connectivity index (χ0) is 16.8. The van der Waals surface area contributed by atoms with E-state index in [-0.39, 0.29) is 0 Å². The topological polar surface area (TPSA) is 74.7 Å². The number of imidazole rings is 1. The molecule has 0 radical (unpaired) electrons.